The van der Waals surface area contributed by atoms with E-state index in [-0.39, 0.29) is 17.9 Å². The van der Waals surface area contributed by atoms with E-state index in [9.17, 15) is 9.59 Å². The van der Waals surface area contributed by atoms with Gasteiger partial charge in [0.05, 0.1) is 12.3 Å². The molecule has 2 unspecified atom stereocenters. The van der Waals surface area contributed by atoms with Crippen molar-refractivity contribution >= 4 is 11.8 Å². The minimum atomic E-state index is -0.449. The van der Waals surface area contributed by atoms with Crippen molar-refractivity contribution in [3.8, 4) is 5.75 Å². The second-order valence-corrected chi connectivity index (χ2v) is 7.10. The number of furan rings is 1. The number of ether oxygens (including phenoxy) is 1. The van der Waals surface area contributed by atoms with E-state index in [1.807, 2.05) is 31.3 Å². The lowest BCUT2D eigenvalue weighted by Crippen LogP contribution is -2.45. The topological polar surface area (TPSA) is 71.8 Å². The smallest absolute Gasteiger partial charge is 0.287 e. The van der Waals surface area contributed by atoms with Gasteiger partial charge in [-0.2, -0.15) is 0 Å². The maximum absolute atomic E-state index is 12.5. The summed E-state index contributed by atoms with van der Waals surface area (Å²) in [6, 6.07) is 10.9. The summed E-state index contributed by atoms with van der Waals surface area (Å²) in [4.78, 5) is 26.4. The first-order chi connectivity index (χ1) is 12.6. The molecular formula is C20H22N2O4. The minimum absolute atomic E-state index is 0.139. The van der Waals surface area contributed by atoms with Crippen LogP contribution in [0.1, 0.15) is 47.8 Å². The van der Waals surface area contributed by atoms with Gasteiger partial charge in [0.25, 0.3) is 5.91 Å². The van der Waals surface area contributed by atoms with Crippen molar-refractivity contribution in [2.45, 2.75) is 37.3 Å². The number of fused-ring (bicyclic) bond motifs is 1. The van der Waals surface area contributed by atoms with Crippen LogP contribution >= 0.6 is 0 Å². The summed E-state index contributed by atoms with van der Waals surface area (Å²) in [5.74, 6) is 0.966. The highest BCUT2D eigenvalue weighted by Gasteiger charge is 2.43. The number of likely N-dealkylation sites (tertiary alicyclic amines) is 1. The zero-order valence-corrected chi connectivity index (χ0v) is 14.7. The summed E-state index contributed by atoms with van der Waals surface area (Å²) in [7, 11) is 1.83. The number of para-hydroxylation sites is 1. The lowest BCUT2D eigenvalue weighted by atomic mass is 9.82. The van der Waals surface area contributed by atoms with Crippen molar-refractivity contribution in [3.63, 3.8) is 0 Å². The third-order valence-corrected chi connectivity index (χ3v) is 5.37. The number of hydrogen-bond donors (Lipinski definition) is 1. The second-order valence-electron chi connectivity index (χ2n) is 7.10. The van der Waals surface area contributed by atoms with Crippen LogP contribution in [0.5, 0.6) is 5.75 Å². The molecule has 0 radical (unpaired) electrons. The molecular weight excluding hydrogens is 332 g/mol. The first-order valence-corrected chi connectivity index (χ1v) is 8.93. The van der Waals surface area contributed by atoms with Crippen LogP contribution in [0, 0.1) is 0 Å². The van der Waals surface area contributed by atoms with E-state index in [1.165, 1.54) is 6.26 Å². The van der Waals surface area contributed by atoms with Crippen LogP contribution in [-0.2, 0) is 4.79 Å². The Kier molecular flexibility index (Phi) is 4.18. The first kappa shape index (κ1) is 16.7. The maximum Gasteiger partial charge on any atom is 0.287 e. The number of nitrogens with one attached hydrogen (secondary N) is 1. The van der Waals surface area contributed by atoms with Gasteiger partial charge >= 0.3 is 0 Å². The molecule has 0 aliphatic carbocycles. The molecule has 2 amide bonds. The molecule has 0 saturated carbocycles. The van der Waals surface area contributed by atoms with Gasteiger partial charge in [-0.15, -0.1) is 0 Å². The van der Waals surface area contributed by atoms with Gasteiger partial charge in [0.2, 0.25) is 5.91 Å². The van der Waals surface area contributed by atoms with Crippen molar-refractivity contribution in [3.05, 3.63) is 54.0 Å². The highest BCUT2D eigenvalue weighted by Crippen LogP contribution is 2.44. The molecule has 2 atom stereocenters. The number of carbonyl (C=O) groups is 2. The van der Waals surface area contributed by atoms with Crippen molar-refractivity contribution in [1.82, 2.24) is 10.2 Å². The van der Waals surface area contributed by atoms with Gasteiger partial charge in [0, 0.05) is 38.4 Å². The zero-order chi connectivity index (χ0) is 18.1. The van der Waals surface area contributed by atoms with Crippen molar-refractivity contribution in [2.24, 2.45) is 0 Å². The van der Waals surface area contributed by atoms with Gasteiger partial charge in [0.15, 0.2) is 5.76 Å². The molecule has 4 rings (SSSR count). The monoisotopic (exact) mass is 354 g/mol. The third kappa shape index (κ3) is 3.07. The minimum Gasteiger partial charge on any atom is -0.487 e. The summed E-state index contributed by atoms with van der Waals surface area (Å²) in [6.07, 6.45) is 3.98. The highest BCUT2D eigenvalue weighted by atomic mass is 16.5. The van der Waals surface area contributed by atoms with Crippen molar-refractivity contribution in [1.29, 1.82) is 0 Å². The van der Waals surface area contributed by atoms with E-state index in [2.05, 4.69) is 5.32 Å². The fourth-order valence-corrected chi connectivity index (χ4v) is 3.84. The fourth-order valence-electron chi connectivity index (χ4n) is 3.84. The highest BCUT2D eigenvalue weighted by molar-refractivity contribution is 5.91. The van der Waals surface area contributed by atoms with Crippen molar-refractivity contribution in [2.75, 3.05) is 13.6 Å². The molecule has 1 N–H and O–H groups in total. The number of nitrogens with zero attached hydrogens (tertiary/aromatic N) is 1. The van der Waals surface area contributed by atoms with Gasteiger partial charge < -0.3 is 19.4 Å². The van der Waals surface area contributed by atoms with Gasteiger partial charge in [-0.3, -0.25) is 9.59 Å². The summed E-state index contributed by atoms with van der Waals surface area (Å²) >= 11 is 0. The van der Waals surface area contributed by atoms with Crippen LogP contribution < -0.4 is 10.1 Å². The Morgan fingerprint density at radius 2 is 2.08 bits per heavy atom. The van der Waals surface area contributed by atoms with Gasteiger partial charge in [0.1, 0.15) is 11.4 Å². The lowest BCUT2D eigenvalue weighted by molar-refractivity contribution is -0.129. The number of rotatable bonds is 2. The van der Waals surface area contributed by atoms with Gasteiger partial charge in [-0.25, -0.2) is 0 Å². The summed E-state index contributed by atoms with van der Waals surface area (Å²) in [6.45, 7) is 0.653. The molecule has 1 fully saturated rings. The predicted octanol–water partition coefficient (Wildman–Crippen LogP) is 2.91. The Balaban J connectivity index is 1.63. The first-order valence-electron chi connectivity index (χ1n) is 8.93. The number of carbonyl (C=O) groups excluding carboxylic acids is 2. The van der Waals surface area contributed by atoms with Crippen molar-refractivity contribution < 1.29 is 18.7 Å². The Morgan fingerprint density at radius 1 is 1.23 bits per heavy atom. The Bertz CT molecular complexity index is 817. The summed E-state index contributed by atoms with van der Waals surface area (Å²) in [5.41, 5.74) is 0.512. The SMILES string of the molecule is CN1CCC2(CCC1=O)CC(NC(=O)c1ccco1)c1ccccc1O2. The molecule has 2 aromatic rings. The molecule has 1 saturated heterocycles. The van der Waals surface area contributed by atoms with Crippen LogP contribution in [0.4, 0.5) is 0 Å². The zero-order valence-electron chi connectivity index (χ0n) is 14.7. The lowest BCUT2D eigenvalue weighted by Gasteiger charge is -2.42. The summed E-state index contributed by atoms with van der Waals surface area (Å²) in [5, 5.41) is 3.08. The van der Waals surface area contributed by atoms with Crippen LogP contribution in [0.25, 0.3) is 0 Å². The van der Waals surface area contributed by atoms with Crippen LogP contribution in [0.15, 0.2) is 47.1 Å². The molecule has 3 heterocycles. The number of benzene rings is 1. The molecule has 1 aromatic heterocycles. The standard InChI is InChI=1S/C20H22N2O4/c1-22-11-10-20(9-8-18(22)23)13-15(14-5-2-3-6-16(14)26-20)21-19(24)17-7-4-12-25-17/h2-7,12,15H,8-11,13H2,1H3,(H,21,24). The molecule has 2 aliphatic heterocycles. The van der Waals surface area contributed by atoms with E-state index in [0.29, 0.717) is 31.6 Å². The Labute approximate surface area is 152 Å². The normalized spacial score (nSPS) is 25.3. The third-order valence-electron chi connectivity index (χ3n) is 5.37. The molecule has 6 heteroatoms. The largest absolute Gasteiger partial charge is 0.487 e. The number of hydrogen-bond acceptors (Lipinski definition) is 4. The van der Waals surface area contributed by atoms with Gasteiger partial charge in [-0.1, -0.05) is 18.2 Å². The second kappa shape index (κ2) is 6.52. The number of amides is 2. The molecule has 2 aliphatic rings. The average Bonchev–Trinajstić information content (AvgIpc) is 3.15. The molecule has 26 heavy (non-hydrogen) atoms. The van der Waals surface area contributed by atoms with E-state index in [1.54, 1.807) is 17.0 Å². The van der Waals surface area contributed by atoms with Gasteiger partial charge in [-0.05, 0) is 24.6 Å². The van der Waals surface area contributed by atoms with Crippen LogP contribution in [0.2, 0.25) is 0 Å². The maximum atomic E-state index is 12.5. The fraction of sp³-hybridized carbons (Fsp3) is 0.400. The van der Waals surface area contributed by atoms with Crippen LogP contribution in [-0.4, -0.2) is 35.9 Å². The van der Waals surface area contributed by atoms with E-state index in [0.717, 1.165) is 17.7 Å². The molecule has 136 valence electrons. The summed E-state index contributed by atoms with van der Waals surface area (Å²) < 4.78 is 11.6. The molecule has 1 aromatic carbocycles. The van der Waals surface area contributed by atoms with Crippen LogP contribution in [0.3, 0.4) is 0 Å². The Hall–Kier alpha value is -2.76. The van der Waals surface area contributed by atoms with E-state index < -0.39 is 5.60 Å². The molecule has 1 spiro atoms. The van der Waals surface area contributed by atoms with E-state index in [4.69, 9.17) is 9.15 Å². The predicted molar refractivity (Wildman–Crippen MR) is 94.8 cm³/mol. The van der Waals surface area contributed by atoms with E-state index >= 15 is 0 Å². The Morgan fingerprint density at radius 3 is 2.88 bits per heavy atom. The quantitative estimate of drug-likeness (QED) is 0.900. The molecule has 6 nitrogen and oxygen atoms in total. The molecule has 0 bridgehead atoms. The average molecular weight is 354 g/mol.